The Labute approximate surface area is 158 Å². The van der Waals surface area contributed by atoms with Gasteiger partial charge < -0.3 is 0 Å². The van der Waals surface area contributed by atoms with E-state index in [1.165, 1.54) is 50.7 Å². The van der Waals surface area contributed by atoms with Gasteiger partial charge >= 0.3 is 0 Å². The number of anilines is 1. The van der Waals surface area contributed by atoms with Crippen LogP contribution in [0.2, 0.25) is 5.02 Å². The van der Waals surface area contributed by atoms with Crippen LogP contribution >= 0.6 is 11.6 Å². The lowest BCUT2D eigenvalue weighted by Crippen LogP contribution is -2.52. The van der Waals surface area contributed by atoms with E-state index < -0.39 is 10.0 Å². The number of hydrogen-bond donors (Lipinski definition) is 1. The van der Waals surface area contributed by atoms with Gasteiger partial charge in [-0.3, -0.25) is 9.40 Å². The molecule has 4 fully saturated rings. The Morgan fingerprint density at radius 1 is 1.00 bits per heavy atom. The maximum absolute atomic E-state index is 12.6. The monoisotopic (exact) mass is 391 g/mol. The van der Waals surface area contributed by atoms with Gasteiger partial charge in [0.1, 0.15) is 0 Å². The third-order valence-corrected chi connectivity index (χ3v) is 8.07. The molecule has 0 atom stereocenters. The Hall–Kier alpha value is -1.53. The summed E-state index contributed by atoms with van der Waals surface area (Å²) < 4.78 is 29.8. The highest BCUT2D eigenvalue weighted by atomic mass is 35.5. The molecule has 4 bridgehead atoms. The predicted octanol–water partition coefficient (Wildman–Crippen LogP) is 4.26. The molecule has 0 amide bonds. The number of sulfonamides is 1. The third kappa shape index (κ3) is 2.74. The van der Waals surface area contributed by atoms with Crippen LogP contribution in [0.25, 0.3) is 0 Å². The topological polar surface area (TPSA) is 64.0 Å². The van der Waals surface area contributed by atoms with Crippen molar-refractivity contribution in [1.29, 1.82) is 0 Å². The molecule has 26 heavy (non-hydrogen) atoms. The third-order valence-electron chi connectivity index (χ3n) is 6.44. The van der Waals surface area contributed by atoms with E-state index in [0.29, 0.717) is 10.8 Å². The maximum atomic E-state index is 12.6. The summed E-state index contributed by atoms with van der Waals surface area (Å²) in [4.78, 5) is 0.186. The maximum Gasteiger partial charge on any atom is 0.263 e. The number of hydrogen-bond acceptors (Lipinski definition) is 3. The molecule has 1 aromatic heterocycles. The first-order chi connectivity index (χ1) is 12.4. The van der Waals surface area contributed by atoms with Crippen LogP contribution in [-0.4, -0.2) is 18.2 Å². The number of aromatic nitrogens is 2. The van der Waals surface area contributed by atoms with Gasteiger partial charge in [0.25, 0.3) is 10.0 Å². The lowest BCUT2D eigenvalue weighted by Gasteiger charge is -2.56. The molecule has 0 aliphatic heterocycles. The first-order valence-electron chi connectivity index (χ1n) is 9.26. The number of benzene rings is 1. The van der Waals surface area contributed by atoms with Crippen molar-refractivity contribution in [2.24, 2.45) is 17.8 Å². The molecule has 1 aromatic carbocycles. The first-order valence-corrected chi connectivity index (χ1v) is 11.1. The average Bonchev–Trinajstić information content (AvgIpc) is 3.02. The van der Waals surface area contributed by atoms with Gasteiger partial charge in [-0.1, -0.05) is 11.6 Å². The fourth-order valence-electron chi connectivity index (χ4n) is 5.80. The fraction of sp³-hybridized carbons (Fsp3) is 0.526. The number of halogens is 1. The Morgan fingerprint density at radius 3 is 2.15 bits per heavy atom. The zero-order valence-electron chi connectivity index (χ0n) is 14.4. The Balaban J connectivity index is 1.40. The smallest absolute Gasteiger partial charge is 0.263 e. The van der Waals surface area contributed by atoms with Crippen LogP contribution in [0.1, 0.15) is 38.5 Å². The van der Waals surface area contributed by atoms with Gasteiger partial charge in [-0.15, -0.1) is 0 Å². The molecule has 4 saturated carbocycles. The van der Waals surface area contributed by atoms with E-state index in [4.69, 9.17) is 11.6 Å². The summed E-state index contributed by atoms with van der Waals surface area (Å²) in [6.45, 7) is 0. The van der Waals surface area contributed by atoms with Gasteiger partial charge in [0, 0.05) is 17.3 Å². The van der Waals surface area contributed by atoms with Crippen molar-refractivity contribution in [2.75, 3.05) is 4.72 Å². The van der Waals surface area contributed by atoms with Crippen molar-refractivity contribution in [3.05, 3.63) is 41.6 Å². The number of nitrogens with one attached hydrogen (secondary N) is 1. The number of nitrogens with zero attached hydrogens (tertiary/aromatic N) is 2. The van der Waals surface area contributed by atoms with E-state index in [1.807, 2.05) is 6.20 Å². The van der Waals surface area contributed by atoms with E-state index in [0.717, 1.165) is 17.8 Å². The molecule has 0 radical (unpaired) electrons. The molecule has 5 nitrogen and oxygen atoms in total. The van der Waals surface area contributed by atoms with Crippen molar-refractivity contribution in [2.45, 2.75) is 49.0 Å². The summed E-state index contributed by atoms with van der Waals surface area (Å²) in [5, 5.41) is 5.14. The van der Waals surface area contributed by atoms with Crippen LogP contribution in [0.4, 0.5) is 5.82 Å². The van der Waals surface area contributed by atoms with Gasteiger partial charge in [-0.2, -0.15) is 5.10 Å². The molecule has 4 aliphatic rings. The first kappa shape index (κ1) is 16.6. The lowest BCUT2D eigenvalue weighted by molar-refractivity contribution is -0.0492. The largest absolute Gasteiger partial charge is 0.264 e. The summed E-state index contributed by atoms with van der Waals surface area (Å²) in [6, 6.07) is 7.92. The fourth-order valence-corrected chi connectivity index (χ4v) is 6.92. The Bertz CT molecular complexity index is 901. The molecule has 138 valence electrons. The van der Waals surface area contributed by atoms with E-state index in [1.54, 1.807) is 18.2 Å². The SMILES string of the molecule is O=S(=O)(Nc1ccn(C23CC4CC(CC(C4)C2)C3)n1)c1ccc(Cl)cc1. The van der Waals surface area contributed by atoms with Crippen molar-refractivity contribution in [1.82, 2.24) is 9.78 Å². The van der Waals surface area contributed by atoms with E-state index in [9.17, 15) is 8.42 Å². The molecular formula is C19H22ClN3O2S. The minimum atomic E-state index is -3.66. The van der Waals surface area contributed by atoms with Crippen molar-refractivity contribution in [3.63, 3.8) is 0 Å². The quantitative estimate of drug-likeness (QED) is 0.846. The second-order valence-corrected chi connectivity index (χ2v) is 10.5. The molecule has 0 saturated heterocycles. The zero-order valence-corrected chi connectivity index (χ0v) is 16.0. The summed E-state index contributed by atoms with van der Waals surface area (Å²) >= 11 is 5.84. The molecule has 1 heterocycles. The minimum Gasteiger partial charge on any atom is -0.264 e. The normalized spacial score (nSPS) is 32.7. The highest BCUT2D eigenvalue weighted by Crippen LogP contribution is 2.58. The summed E-state index contributed by atoms with van der Waals surface area (Å²) in [7, 11) is -3.66. The van der Waals surface area contributed by atoms with Gasteiger partial charge in [0.2, 0.25) is 0 Å². The van der Waals surface area contributed by atoms with Crippen LogP contribution in [0.5, 0.6) is 0 Å². The van der Waals surface area contributed by atoms with Gasteiger partial charge in [-0.25, -0.2) is 8.42 Å². The summed E-state index contributed by atoms with van der Waals surface area (Å²) in [5.41, 5.74) is 0.0959. The summed E-state index contributed by atoms with van der Waals surface area (Å²) in [5.74, 6) is 2.84. The minimum absolute atomic E-state index is 0.0959. The molecule has 0 unspecified atom stereocenters. The molecule has 6 rings (SSSR count). The van der Waals surface area contributed by atoms with Gasteiger partial charge in [-0.05, 0) is 80.5 Å². The predicted molar refractivity (Wildman–Crippen MR) is 101 cm³/mol. The standard InChI is InChI=1S/C19H22ClN3O2S/c20-16-1-3-17(4-2-16)26(24,25)22-18-5-6-23(21-18)19-10-13-7-14(11-19)9-15(8-13)12-19/h1-6,13-15H,7-12H2,(H,21,22). The molecule has 1 N–H and O–H groups in total. The lowest BCUT2D eigenvalue weighted by atomic mass is 9.53. The second kappa shape index (κ2) is 5.73. The average molecular weight is 392 g/mol. The van der Waals surface area contributed by atoms with Crippen molar-refractivity contribution < 1.29 is 8.42 Å². The number of rotatable bonds is 4. The van der Waals surface area contributed by atoms with Crippen molar-refractivity contribution in [3.8, 4) is 0 Å². The Kier molecular flexibility index (Phi) is 3.67. The van der Waals surface area contributed by atoms with Crippen LogP contribution in [-0.2, 0) is 15.6 Å². The molecule has 0 spiro atoms. The van der Waals surface area contributed by atoms with Crippen LogP contribution in [0, 0.1) is 17.8 Å². The summed E-state index contributed by atoms with van der Waals surface area (Å²) in [6.07, 6.45) is 9.62. The van der Waals surface area contributed by atoms with E-state index in [2.05, 4.69) is 14.5 Å². The van der Waals surface area contributed by atoms with E-state index in [-0.39, 0.29) is 10.4 Å². The highest BCUT2D eigenvalue weighted by Gasteiger charge is 2.52. The van der Waals surface area contributed by atoms with Gasteiger partial charge in [0.15, 0.2) is 5.82 Å². The van der Waals surface area contributed by atoms with Crippen LogP contribution in [0.3, 0.4) is 0 Å². The second-order valence-electron chi connectivity index (χ2n) is 8.35. The molecule has 2 aromatic rings. The van der Waals surface area contributed by atoms with Gasteiger partial charge in [0.05, 0.1) is 10.4 Å². The molecular weight excluding hydrogens is 370 g/mol. The molecule has 7 heteroatoms. The molecule has 4 aliphatic carbocycles. The van der Waals surface area contributed by atoms with Crippen LogP contribution < -0.4 is 4.72 Å². The zero-order chi connectivity index (χ0) is 17.9. The highest BCUT2D eigenvalue weighted by molar-refractivity contribution is 7.92. The Morgan fingerprint density at radius 2 is 1.58 bits per heavy atom. The van der Waals surface area contributed by atoms with E-state index >= 15 is 0 Å². The van der Waals surface area contributed by atoms with Crippen LogP contribution in [0.15, 0.2) is 41.4 Å². The van der Waals surface area contributed by atoms with Crippen molar-refractivity contribution >= 4 is 27.4 Å².